The summed E-state index contributed by atoms with van der Waals surface area (Å²) in [5, 5.41) is 3.02. The maximum absolute atomic E-state index is 11.3. The lowest BCUT2D eigenvalue weighted by Gasteiger charge is -2.17. The first kappa shape index (κ1) is 11.6. The quantitative estimate of drug-likeness (QED) is 0.597. The van der Waals surface area contributed by atoms with Crippen LogP contribution in [0.2, 0.25) is 0 Å². The summed E-state index contributed by atoms with van der Waals surface area (Å²) in [5.74, 6) is 5.51. The highest BCUT2D eigenvalue weighted by Gasteiger charge is 2.14. The van der Waals surface area contributed by atoms with E-state index in [0.717, 1.165) is 21.9 Å². The number of rotatable bonds is 2. The van der Waals surface area contributed by atoms with Crippen molar-refractivity contribution in [1.82, 2.24) is 0 Å². The highest BCUT2D eigenvalue weighted by atomic mass is 32.2. The van der Waals surface area contributed by atoms with Crippen molar-refractivity contribution in [3.8, 4) is 0 Å². The molecule has 0 aliphatic carbocycles. The number of anilines is 2. The molecule has 1 aromatic carbocycles. The van der Waals surface area contributed by atoms with Gasteiger partial charge in [0.2, 0.25) is 10.0 Å². The minimum absolute atomic E-state index is 0.390. The zero-order valence-corrected chi connectivity index (χ0v) is 9.98. The molecule has 7 heteroatoms. The van der Waals surface area contributed by atoms with Crippen LogP contribution in [0.3, 0.4) is 0 Å². The molecule has 1 aliphatic heterocycles. The fourth-order valence-electron chi connectivity index (χ4n) is 1.41. The lowest BCUT2D eigenvalue weighted by atomic mass is 10.1. The number of hydrogen-bond acceptors (Lipinski definition) is 5. The Kier molecular flexibility index (Phi) is 2.86. The highest BCUT2D eigenvalue weighted by molar-refractivity contribution is 7.92. The van der Waals surface area contributed by atoms with E-state index in [0.29, 0.717) is 5.69 Å². The maximum atomic E-state index is 11.3. The number of aliphatic imine (C=N–C) groups is 1. The average Bonchev–Trinajstić information content (AvgIpc) is 2.50. The van der Waals surface area contributed by atoms with Crippen molar-refractivity contribution in [3.05, 3.63) is 36.2 Å². The molecular formula is C10H12N4O2S. The SMILES string of the molecule is CS(=O)(=O)N(N)c1ccc2c(c1)C=NC=CN2. The number of fused-ring (bicyclic) bond motifs is 1. The first-order valence-corrected chi connectivity index (χ1v) is 6.67. The predicted octanol–water partition coefficient (Wildman–Crippen LogP) is 0.642. The van der Waals surface area contributed by atoms with E-state index in [1.165, 1.54) is 0 Å². The van der Waals surface area contributed by atoms with Crippen LogP contribution < -0.4 is 15.6 Å². The number of hydrazine groups is 1. The van der Waals surface area contributed by atoms with Crippen LogP contribution in [-0.4, -0.2) is 20.9 Å². The first-order chi connectivity index (χ1) is 7.98. The van der Waals surface area contributed by atoms with Gasteiger partial charge in [0, 0.05) is 29.9 Å². The van der Waals surface area contributed by atoms with Crippen LogP contribution in [0, 0.1) is 0 Å². The van der Waals surface area contributed by atoms with E-state index in [9.17, 15) is 8.42 Å². The number of benzene rings is 1. The second-order valence-corrected chi connectivity index (χ2v) is 5.43. The number of nitrogens with zero attached hydrogens (tertiary/aromatic N) is 2. The number of sulfonamides is 1. The third-order valence-corrected chi connectivity index (χ3v) is 3.19. The van der Waals surface area contributed by atoms with E-state index in [1.54, 1.807) is 36.8 Å². The topological polar surface area (TPSA) is 87.8 Å². The van der Waals surface area contributed by atoms with Crippen LogP contribution >= 0.6 is 0 Å². The van der Waals surface area contributed by atoms with Crippen molar-refractivity contribution >= 4 is 27.6 Å². The van der Waals surface area contributed by atoms with E-state index >= 15 is 0 Å². The Morgan fingerprint density at radius 2 is 2.18 bits per heavy atom. The number of hydrogen-bond donors (Lipinski definition) is 2. The molecular weight excluding hydrogens is 240 g/mol. The first-order valence-electron chi connectivity index (χ1n) is 4.82. The lowest BCUT2D eigenvalue weighted by Crippen LogP contribution is -2.36. The number of nitrogens with two attached hydrogens (primary N) is 1. The molecule has 0 amide bonds. The molecule has 1 aromatic rings. The van der Waals surface area contributed by atoms with Crippen LogP contribution in [-0.2, 0) is 10.0 Å². The normalized spacial score (nSPS) is 13.8. The summed E-state index contributed by atoms with van der Waals surface area (Å²) in [6, 6.07) is 5.02. The van der Waals surface area contributed by atoms with Crippen molar-refractivity contribution in [1.29, 1.82) is 0 Å². The zero-order valence-electron chi connectivity index (χ0n) is 9.16. The van der Waals surface area contributed by atoms with Gasteiger partial charge in [-0.05, 0) is 18.2 Å². The van der Waals surface area contributed by atoms with Gasteiger partial charge < -0.3 is 5.32 Å². The summed E-state index contributed by atoms with van der Waals surface area (Å²) in [6.45, 7) is 0. The van der Waals surface area contributed by atoms with Crippen molar-refractivity contribution in [2.45, 2.75) is 0 Å². The van der Waals surface area contributed by atoms with Crippen molar-refractivity contribution in [3.63, 3.8) is 0 Å². The van der Waals surface area contributed by atoms with Gasteiger partial charge in [-0.25, -0.2) is 18.7 Å². The Labute approximate surface area is 99.5 Å². The Morgan fingerprint density at radius 3 is 2.88 bits per heavy atom. The summed E-state index contributed by atoms with van der Waals surface area (Å²) in [5.41, 5.74) is 2.00. The molecule has 0 radical (unpaired) electrons. The van der Waals surface area contributed by atoms with Gasteiger partial charge in [0.15, 0.2) is 0 Å². The summed E-state index contributed by atoms with van der Waals surface area (Å²) in [6.07, 6.45) is 5.98. The standard InChI is InChI=1S/C10H12N4O2S/c1-17(15,16)14(11)9-2-3-10-8(6-9)7-12-4-5-13-10/h2-7,13H,11H2,1H3. The molecule has 17 heavy (non-hydrogen) atoms. The van der Waals surface area contributed by atoms with E-state index < -0.39 is 10.0 Å². The fraction of sp³-hybridized carbons (Fsp3) is 0.100. The van der Waals surface area contributed by atoms with Crippen LogP contribution in [0.25, 0.3) is 0 Å². The van der Waals surface area contributed by atoms with Gasteiger partial charge >= 0.3 is 0 Å². The monoisotopic (exact) mass is 252 g/mol. The predicted molar refractivity (Wildman–Crippen MR) is 68.3 cm³/mol. The molecule has 3 N–H and O–H groups in total. The minimum atomic E-state index is -3.46. The molecule has 0 bridgehead atoms. The van der Waals surface area contributed by atoms with Gasteiger partial charge in [-0.15, -0.1) is 0 Å². The van der Waals surface area contributed by atoms with Gasteiger partial charge in [-0.2, -0.15) is 0 Å². The molecule has 0 unspecified atom stereocenters. The summed E-state index contributed by atoms with van der Waals surface area (Å²) < 4.78 is 23.3. The maximum Gasteiger partial charge on any atom is 0.245 e. The van der Waals surface area contributed by atoms with Crippen molar-refractivity contribution in [2.24, 2.45) is 10.8 Å². The largest absolute Gasteiger partial charge is 0.360 e. The van der Waals surface area contributed by atoms with Gasteiger partial charge in [0.25, 0.3) is 0 Å². The van der Waals surface area contributed by atoms with E-state index in [4.69, 9.17) is 5.84 Å². The van der Waals surface area contributed by atoms with Crippen LogP contribution in [0.1, 0.15) is 5.56 Å². The van der Waals surface area contributed by atoms with Gasteiger partial charge in [-0.3, -0.25) is 4.99 Å². The lowest BCUT2D eigenvalue weighted by molar-refractivity contribution is 0.598. The Balaban J connectivity index is 2.44. The van der Waals surface area contributed by atoms with Crippen LogP contribution in [0.5, 0.6) is 0 Å². The average molecular weight is 252 g/mol. The Bertz CT molecular complexity index is 592. The second kappa shape index (κ2) is 4.19. The minimum Gasteiger partial charge on any atom is -0.360 e. The molecule has 0 fully saturated rings. The molecule has 0 saturated heterocycles. The molecule has 0 spiro atoms. The fourth-order valence-corrected chi connectivity index (χ4v) is 1.91. The Hall–Kier alpha value is -1.86. The summed E-state index contributed by atoms with van der Waals surface area (Å²) in [4.78, 5) is 4.00. The smallest absolute Gasteiger partial charge is 0.245 e. The van der Waals surface area contributed by atoms with Crippen LogP contribution in [0.4, 0.5) is 11.4 Å². The molecule has 0 atom stereocenters. The number of nitrogens with one attached hydrogen (secondary N) is 1. The van der Waals surface area contributed by atoms with Crippen molar-refractivity contribution < 1.29 is 8.42 Å². The molecule has 1 aliphatic rings. The molecule has 0 saturated carbocycles. The van der Waals surface area contributed by atoms with Gasteiger partial charge in [0.1, 0.15) is 0 Å². The zero-order chi connectivity index (χ0) is 12.5. The molecule has 90 valence electrons. The van der Waals surface area contributed by atoms with E-state index in [-0.39, 0.29) is 0 Å². The van der Waals surface area contributed by atoms with Gasteiger partial charge in [0.05, 0.1) is 11.9 Å². The molecule has 0 aromatic heterocycles. The van der Waals surface area contributed by atoms with Gasteiger partial charge in [-0.1, -0.05) is 0 Å². The van der Waals surface area contributed by atoms with Crippen molar-refractivity contribution in [2.75, 3.05) is 16.0 Å². The van der Waals surface area contributed by atoms with E-state index in [1.807, 2.05) is 0 Å². The third kappa shape index (κ3) is 2.45. The summed E-state index contributed by atoms with van der Waals surface area (Å²) in [7, 11) is -3.46. The molecule has 1 heterocycles. The molecule has 6 nitrogen and oxygen atoms in total. The highest BCUT2D eigenvalue weighted by Crippen LogP contribution is 2.23. The Morgan fingerprint density at radius 1 is 1.41 bits per heavy atom. The summed E-state index contributed by atoms with van der Waals surface area (Å²) >= 11 is 0. The molecule has 2 rings (SSSR count). The second-order valence-electron chi connectivity index (χ2n) is 3.57. The van der Waals surface area contributed by atoms with E-state index in [2.05, 4.69) is 10.3 Å². The van der Waals surface area contributed by atoms with Crippen LogP contribution in [0.15, 0.2) is 35.6 Å². The third-order valence-electron chi connectivity index (χ3n) is 2.26.